The number of anilines is 1. The van der Waals surface area contributed by atoms with Crippen LogP contribution in [-0.2, 0) is 4.74 Å². The van der Waals surface area contributed by atoms with Crippen molar-refractivity contribution in [2.24, 2.45) is 0 Å². The van der Waals surface area contributed by atoms with Crippen LogP contribution in [0.1, 0.15) is 60.2 Å². The first-order chi connectivity index (χ1) is 13.1. The van der Waals surface area contributed by atoms with Gasteiger partial charge in [-0.1, -0.05) is 6.42 Å². The number of thiophene rings is 1. The Labute approximate surface area is 168 Å². The standard InChI is InChI=1S/C19H25ClN4O2S/c1-11-14-16(22-12-7-9-21-10-8-12)23-19(20)24-17(14)27-15(11)18(25)26-13-5-3-2-4-6-13/h12-13,21H,2-10H2,1H3,(H,22,23,24). The first-order valence-corrected chi connectivity index (χ1v) is 11.0. The second-order valence-electron chi connectivity index (χ2n) is 7.41. The molecule has 0 bridgehead atoms. The number of ether oxygens (including phenoxy) is 1. The number of carbonyl (C=O) groups excluding carboxylic acids is 1. The zero-order valence-electron chi connectivity index (χ0n) is 15.5. The van der Waals surface area contributed by atoms with E-state index in [1.165, 1.54) is 17.8 Å². The summed E-state index contributed by atoms with van der Waals surface area (Å²) < 4.78 is 5.77. The van der Waals surface area contributed by atoms with Gasteiger partial charge in [-0.15, -0.1) is 11.3 Å². The summed E-state index contributed by atoms with van der Waals surface area (Å²) in [6.07, 6.45) is 7.52. The summed E-state index contributed by atoms with van der Waals surface area (Å²) in [6.45, 7) is 3.92. The van der Waals surface area contributed by atoms with Gasteiger partial charge in [0.25, 0.3) is 0 Å². The number of aromatic nitrogens is 2. The highest BCUT2D eigenvalue weighted by molar-refractivity contribution is 7.20. The van der Waals surface area contributed by atoms with Crippen LogP contribution in [0.3, 0.4) is 0 Å². The van der Waals surface area contributed by atoms with Crippen LogP contribution in [0.5, 0.6) is 0 Å². The molecule has 6 nitrogen and oxygen atoms in total. The maximum Gasteiger partial charge on any atom is 0.348 e. The molecule has 4 rings (SSSR count). The molecular formula is C19H25ClN4O2S. The van der Waals surface area contributed by atoms with Gasteiger partial charge in [0, 0.05) is 6.04 Å². The van der Waals surface area contributed by atoms with Crippen LogP contribution in [0.2, 0.25) is 5.28 Å². The molecule has 0 atom stereocenters. The second kappa shape index (κ2) is 8.29. The molecular weight excluding hydrogens is 384 g/mol. The molecule has 2 aromatic heterocycles. The number of nitrogens with one attached hydrogen (secondary N) is 2. The van der Waals surface area contributed by atoms with Crippen LogP contribution in [0, 0.1) is 6.92 Å². The average molecular weight is 409 g/mol. The van der Waals surface area contributed by atoms with Crippen LogP contribution < -0.4 is 10.6 Å². The van der Waals surface area contributed by atoms with Crippen molar-refractivity contribution in [3.05, 3.63) is 15.7 Å². The summed E-state index contributed by atoms with van der Waals surface area (Å²) in [7, 11) is 0. The molecule has 3 heterocycles. The Morgan fingerprint density at radius 1 is 1.19 bits per heavy atom. The number of piperidine rings is 1. The molecule has 8 heteroatoms. The number of hydrogen-bond donors (Lipinski definition) is 2. The number of hydrogen-bond acceptors (Lipinski definition) is 7. The Morgan fingerprint density at radius 2 is 1.93 bits per heavy atom. The highest BCUT2D eigenvalue weighted by atomic mass is 35.5. The summed E-state index contributed by atoms with van der Waals surface area (Å²) in [6, 6.07) is 0.345. The van der Waals surface area contributed by atoms with Gasteiger partial charge in [-0.2, -0.15) is 0 Å². The van der Waals surface area contributed by atoms with Gasteiger partial charge in [-0.05, 0) is 75.7 Å². The molecule has 2 aromatic rings. The lowest BCUT2D eigenvalue weighted by Crippen LogP contribution is -2.35. The molecule has 146 valence electrons. The maximum absolute atomic E-state index is 12.8. The van der Waals surface area contributed by atoms with Crippen LogP contribution in [0.15, 0.2) is 0 Å². The predicted molar refractivity (Wildman–Crippen MR) is 109 cm³/mol. The lowest BCUT2D eigenvalue weighted by molar-refractivity contribution is 0.0216. The minimum absolute atomic E-state index is 0.0397. The third-order valence-corrected chi connectivity index (χ3v) is 6.79. The molecule has 0 aromatic carbocycles. The molecule has 27 heavy (non-hydrogen) atoms. The lowest BCUT2D eigenvalue weighted by atomic mass is 9.98. The van der Waals surface area contributed by atoms with Crippen molar-refractivity contribution < 1.29 is 9.53 Å². The fourth-order valence-electron chi connectivity index (χ4n) is 3.96. The van der Waals surface area contributed by atoms with Gasteiger partial charge in [-0.25, -0.2) is 14.8 Å². The van der Waals surface area contributed by atoms with E-state index in [1.54, 1.807) is 0 Å². The smallest absolute Gasteiger partial charge is 0.348 e. The Morgan fingerprint density at radius 3 is 2.67 bits per heavy atom. The molecule has 0 unspecified atom stereocenters. The Kier molecular flexibility index (Phi) is 5.80. The summed E-state index contributed by atoms with van der Waals surface area (Å²) in [4.78, 5) is 22.9. The van der Waals surface area contributed by atoms with E-state index < -0.39 is 0 Å². The first kappa shape index (κ1) is 18.9. The molecule has 1 aliphatic heterocycles. The molecule has 1 saturated heterocycles. The van der Waals surface area contributed by atoms with E-state index in [4.69, 9.17) is 16.3 Å². The van der Waals surface area contributed by atoms with E-state index in [1.807, 2.05) is 6.92 Å². The van der Waals surface area contributed by atoms with E-state index in [-0.39, 0.29) is 17.4 Å². The molecule has 1 aliphatic carbocycles. The van der Waals surface area contributed by atoms with Crippen molar-refractivity contribution >= 4 is 44.9 Å². The molecule has 1 saturated carbocycles. The van der Waals surface area contributed by atoms with E-state index in [2.05, 4.69) is 20.6 Å². The summed E-state index contributed by atoms with van der Waals surface area (Å²) in [5, 5.41) is 7.97. The number of nitrogens with zero attached hydrogens (tertiary/aromatic N) is 2. The normalized spacial score (nSPS) is 19.3. The number of esters is 1. The number of aryl methyl sites for hydroxylation is 1. The number of rotatable bonds is 4. The zero-order chi connectivity index (χ0) is 18.8. The monoisotopic (exact) mass is 408 g/mol. The largest absolute Gasteiger partial charge is 0.458 e. The van der Waals surface area contributed by atoms with Crippen LogP contribution in [0.25, 0.3) is 10.2 Å². The first-order valence-electron chi connectivity index (χ1n) is 9.76. The van der Waals surface area contributed by atoms with Gasteiger partial charge in [-0.3, -0.25) is 0 Å². The topological polar surface area (TPSA) is 76.1 Å². The summed E-state index contributed by atoms with van der Waals surface area (Å²) >= 11 is 7.50. The summed E-state index contributed by atoms with van der Waals surface area (Å²) in [5.74, 6) is 0.480. The van der Waals surface area contributed by atoms with Crippen molar-refractivity contribution in [2.75, 3.05) is 18.4 Å². The fourth-order valence-corrected chi connectivity index (χ4v) is 5.24. The van der Waals surface area contributed by atoms with E-state index in [9.17, 15) is 4.79 Å². The molecule has 0 radical (unpaired) electrons. The van der Waals surface area contributed by atoms with E-state index in [0.717, 1.165) is 73.2 Å². The van der Waals surface area contributed by atoms with Gasteiger partial charge in [0.05, 0.1) is 5.39 Å². The van der Waals surface area contributed by atoms with Crippen molar-refractivity contribution in [1.82, 2.24) is 15.3 Å². The summed E-state index contributed by atoms with van der Waals surface area (Å²) in [5.41, 5.74) is 0.879. The van der Waals surface area contributed by atoms with Gasteiger partial charge in [0.1, 0.15) is 21.6 Å². The van der Waals surface area contributed by atoms with E-state index >= 15 is 0 Å². The number of fused-ring (bicyclic) bond motifs is 1. The van der Waals surface area contributed by atoms with Gasteiger partial charge >= 0.3 is 5.97 Å². The highest BCUT2D eigenvalue weighted by Gasteiger charge is 2.25. The second-order valence-corrected chi connectivity index (χ2v) is 8.75. The van der Waals surface area contributed by atoms with Crippen molar-refractivity contribution in [3.63, 3.8) is 0 Å². The van der Waals surface area contributed by atoms with E-state index in [0.29, 0.717) is 10.9 Å². The van der Waals surface area contributed by atoms with Crippen LogP contribution in [-0.4, -0.2) is 41.2 Å². The van der Waals surface area contributed by atoms with Gasteiger partial charge in [0.2, 0.25) is 5.28 Å². The van der Waals surface area contributed by atoms with Crippen LogP contribution >= 0.6 is 22.9 Å². The Bertz CT molecular complexity index is 829. The molecule has 2 N–H and O–H groups in total. The number of halogens is 1. The van der Waals surface area contributed by atoms with Crippen LogP contribution in [0.4, 0.5) is 5.82 Å². The highest BCUT2D eigenvalue weighted by Crippen LogP contribution is 2.36. The zero-order valence-corrected chi connectivity index (χ0v) is 17.1. The molecule has 0 amide bonds. The van der Waals surface area contributed by atoms with Crippen molar-refractivity contribution in [3.8, 4) is 0 Å². The predicted octanol–water partition coefficient (Wildman–Crippen LogP) is 4.31. The van der Waals surface area contributed by atoms with Gasteiger partial charge in [0.15, 0.2) is 0 Å². The number of carbonyl (C=O) groups is 1. The molecule has 2 fully saturated rings. The maximum atomic E-state index is 12.8. The third-order valence-electron chi connectivity index (χ3n) is 5.45. The molecule has 2 aliphatic rings. The fraction of sp³-hybridized carbons (Fsp3) is 0.632. The quantitative estimate of drug-likeness (QED) is 0.580. The average Bonchev–Trinajstić information content (AvgIpc) is 3.00. The third kappa shape index (κ3) is 4.20. The SMILES string of the molecule is Cc1c(C(=O)OC2CCCCC2)sc2nc(Cl)nc(NC3CCNCC3)c12. The Hall–Kier alpha value is -1.44. The van der Waals surface area contributed by atoms with Crippen molar-refractivity contribution in [1.29, 1.82) is 0 Å². The van der Waals surface area contributed by atoms with Crippen molar-refractivity contribution in [2.45, 2.75) is 64.0 Å². The van der Waals surface area contributed by atoms with Gasteiger partial charge < -0.3 is 15.4 Å². The minimum atomic E-state index is -0.244. The molecule has 0 spiro atoms. The lowest BCUT2D eigenvalue weighted by Gasteiger charge is -2.24. The minimum Gasteiger partial charge on any atom is -0.458 e. The Balaban J connectivity index is 1.61.